The quantitative estimate of drug-likeness (QED) is 0.183. The Morgan fingerprint density at radius 1 is 0.667 bits per heavy atom. The van der Waals surface area contributed by atoms with Gasteiger partial charge >= 0.3 is 0 Å². The van der Waals surface area contributed by atoms with Crippen molar-refractivity contribution in [2.24, 2.45) is 0 Å². The van der Waals surface area contributed by atoms with Gasteiger partial charge in [-0.25, -0.2) is 0 Å². The van der Waals surface area contributed by atoms with Crippen LogP contribution in [0.3, 0.4) is 0 Å². The SMILES string of the molecule is [Ir].[c-]1cc2sc3ccccc3c2cc1-c1cc2c3c(cccc3n1)-c1ccccc1-2. The third-order valence-electron chi connectivity index (χ3n) is 5.93. The number of benzene rings is 4. The zero-order valence-corrected chi connectivity index (χ0v) is 19.0. The minimum absolute atomic E-state index is 0. The molecule has 1 radical (unpaired) electrons. The Kier molecular flexibility index (Phi) is 3.94. The summed E-state index contributed by atoms with van der Waals surface area (Å²) >= 11 is 1.82. The number of hydrogen-bond donors (Lipinski definition) is 0. The second-order valence-corrected chi connectivity index (χ2v) is 8.61. The Labute approximate surface area is 191 Å². The predicted molar refractivity (Wildman–Crippen MR) is 123 cm³/mol. The summed E-state index contributed by atoms with van der Waals surface area (Å²) in [7, 11) is 0. The number of thiophene rings is 1. The van der Waals surface area contributed by atoms with E-state index < -0.39 is 0 Å². The van der Waals surface area contributed by atoms with Crippen molar-refractivity contribution in [2.75, 3.05) is 0 Å². The number of rotatable bonds is 1. The van der Waals surface area contributed by atoms with Crippen LogP contribution in [0, 0.1) is 6.07 Å². The van der Waals surface area contributed by atoms with Gasteiger partial charge in [-0.3, -0.25) is 4.98 Å². The first-order chi connectivity index (χ1) is 14.4. The summed E-state index contributed by atoms with van der Waals surface area (Å²) in [4.78, 5) is 5.03. The zero-order chi connectivity index (χ0) is 18.9. The van der Waals surface area contributed by atoms with E-state index in [1.807, 2.05) is 11.3 Å². The van der Waals surface area contributed by atoms with Crippen molar-refractivity contribution in [3.05, 3.63) is 91.0 Å². The average Bonchev–Trinajstić information content (AvgIpc) is 3.31. The molecule has 0 fully saturated rings. The third-order valence-corrected chi connectivity index (χ3v) is 7.06. The van der Waals surface area contributed by atoms with E-state index in [0.29, 0.717) is 0 Å². The number of hydrogen-bond acceptors (Lipinski definition) is 2. The van der Waals surface area contributed by atoms with Gasteiger partial charge < -0.3 is 0 Å². The molecule has 3 heteroatoms. The van der Waals surface area contributed by atoms with Crippen molar-refractivity contribution in [3.63, 3.8) is 0 Å². The second-order valence-electron chi connectivity index (χ2n) is 7.52. The maximum atomic E-state index is 5.03. The molecule has 2 heterocycles. The summed E-state index contributed by atoms with van der Waals surface area (Å²) in [6.45, 7) is 0. The molecule has 0 aliphatic heterocycles. The fourth-order valence-corrected chi connectivity index (χ4v) is 5.70. The van der Waals surface area contributed by atoms with Crippen LogP contribution < -0.4 is 0 Å². The van der Waals surface area contributed by atoms with Gasteiger partial charge in [0.2, 0.25) is 0 Å². The molecule has 1 nitrogen and oxygen atoms in total. The first kappa shape index (κ1) is 18.0. The summed E-state index contributed by atoms with van der Waals surface area (Å²) in [5, 5.41) is 3.85. The summed E-state index contributed by atoms with van der Waals surface area (Å²) in [6, 6.07) is 33.8. The maximum Gasteiger partial charge on any atom is 0.0607 e. The van der Waals surface area contributed by atoms with E-state index in [2.05, 4.69) is 91.0 Å². The molecule has 0 saturated heterocycles. The Balaban J connectivity index is 0.00000175. The number of pyridine rings is 1. The fraction of sp³-hybridized carbons (Fsp3) is 0. The van der Waals surface area contributed by atoms with Gasteiger partial charge in [-0.15, -0.1) is 23.8 Å². The van der Waals surface area contributed by atoms with Crippen LogP contribution in [0.5, 0.6) is 0 Å². The topological polar surface area (TPSA) is 12.9 Å². The van der Waals surface area contributed by atoms with E-state index in [9.17, 15) is 0 Å². The molecule has 0 saturated carbocycles. The molecule has 0 N–H and O–H groups in total. The smallest absolute Gasteiger partial charge is 0.0607 e. The zero-order valence-electron chi connectivity index (χ0n) is 15.8. The molecule has 30 heavy (non-hydrogen) atoms. The first-order valence-electron chi connectivity index (χ1n) is 9.74. The molecule has 0 atom stereocenters. The first-order valence-corrected chi connectivity index (χ1v) is 10.6. The molecule has 0 unspecified atom stereocenters. The van der Waals surface area contributed by atoms with Gasteiger partial charge in [-0.2, -0.15) is 11.3 Å². The van der Waals surface area contributed by atoms with E-state index in [1.165, 1.54) is 47.8 Å². The van der Waals surface area contributed by atoms with Crippen molar-refractivity contribution < 1.29 is 20.1 Å². The van der Waals surface area contributed by atoms with Crippen molar-refractivity contribution in [1.29, 1.82) is 0 Å². The third kappa shape index (κ3) is 2.40. The summed E-state index contributed by atoms with van der Waals surface area (Å²) in [5.74, 6) is 0. The summed E-state index contributed by atoms with van der Waals surface area (Å²) in [5.41, 5.74) is 8.25. The molecular weight excluding hydrogens is 563 g/mol. The molecule has 4 aromatic carbocycles. The molecule has 6 aromatic rings. The second kappa shape index (κ2) is 6.58. The van der Waals surface area contributed by atoms with Crippen LogP contribution in [0.1, 0.15) is 0 Å². The van der Waals surface area contributed by atoms with Crippen LogP contribution in [-0.4, -0.2) is 4.98 Å². The van der Waals surface area contributed by atoms with Crippen LogP contribution >= 0.6 is 11.3 Å². The van der Waals surface area contributed by atoms with Crippen LogP contribution in [0.2, 0.25) is 0 Å². The Morgan fingerprint density at radius 3 is 2.33 bits per heavy atom. The van der Waals surface area contributed by atoms with E-state index in [0.717, 1.165) is 16.8 Å². The van der Waals surface area contributed by atoms with E-state index in [1.54, 1.807) is 0 Å². The monoisotopic (exact) mass is 577 g/mol. The molecule has 1 aliphatic carbocycles. The minimum Gasteiger partial charge on any atom is -0.296 e. The average molecular weight is 577 g/mol. The molecule has 2 aromatic heterocycles. The fourth-order valence-electron chi connectivity index (χ4n) is 4.63. The molecular formula is C27H14IrNS-. The standard InChI is InChI=1S/C27H14NS.Ir/c1-2-7-18-17(6-1)20-9-5-10-23-27(20)22(18)15-24(28-23)16-12-13-26-21(14-16)19-8-3-4-11-25(19)29-26;/h1-11,13-15H;/q-1;. The minimum atomic E-state index is 0. The van der Waals surface area contributed by atoms with Crippen molar-refractivity contribution in [3.8, 4) is 33.5 Å². The van der Waals surface area contributed by atoms with Gasteiger partial charge in [0.1, 0.15) is 0 Å². The number of fused-ring (bicyclic) bond motifs is 6. The Hall–Kier alpha value is -2.84. The molecule has 1 aliphatic rings. The maximum absolute atomic E-state index is 5.03. The van der Waals surface area contributed by atoms with Gasteiger partial charge in [-0.1, -0.05) is 66.0 Å². The van der Waals surface area contributed by atoms with Crippen molar-refractivity contribution >= 4 is 42.4 Å². The van der Waals surface area contributed by atoms with Crippen LogP contribution in [0.4, 0.5) is 0 Å². The van der Waals surface area contributed by atoms with Crippen molar-refractivity contribution in [1.82, 2.24) is 4.98 Å². The van der Waals surface area contributed by atoms with Crippen LogP contribution in [0.15, 0.2) is 84.9 Å². The van der Waals surface area contributed by atoms with E-state index in [-0.39, 0.29) is 20.1 Å². The Morgan fingerprint density at radius 2 is 1.43 bits per heavy atom. The Bertz CT molecular complexity index is 1610. The molecule has 143 valence electrons. The largest absolute Gasteiger partial charge is 0.296 e. The van der Waals surface area contributed by atoms with E-state index in [4.69, 9.17) is 4.98 Å². The summed E-state index contributed by atoms with van der Waals surface area (Å²) < 4.78 is 2.59. The summed E-state index contributed by atoms with van der Waals surface area (Å²) in [6.07, 6.45) is 0. The van der Waals surface area contributed by atoms with Gasteiger partial charge in [0.15, 0.2) is 0 Å². The van der Waals surface area contributed by atoms with Gasteiger partial charge in [0, 0.05) is 30.2 Å². The van der Waals surface area contributed by atoms with Gasteiger partial charge in [-0.05, 0) is 50.2 Å². The number of aromatic nitrogens is 1. The van der Waals surface area contributed by atoms with Crippen LogP contribution in [-0.2, 0) is 20.1 Å². The van der Waals surface area contributed by atoms with Crippen LogP contribution in [0.25, 0.3) is 64.6 Å². The predicted octanol–water partition coefficient (Wildman–Crippen LogP) is 7.71. The van der Waals surface area contributed by atoms with Gasteiger partial charge in [0.25, 0.3) is 0 Å². The van der Waals surface area contributed by atoms with Crippen molar-refractivity contribution in [2.45, 2.75) is 0 Å². The number of nitrogens with zero attached hydrogens (tertiary/aromatic N) is 1. The normalized spacial score (nSPS) is 11.7. The van der Waals surface area contributed by atoms with Gasteiger partial charge in [0.05, 0.1) is 5.52 Å². The molecule has 0 amide bonds. The van der Waals surface area contributed by atoms with E-state index >= 15 is 0 Å². The molecule has 7 rings (SSSR count). The molecule has 0 bridgehead atoms. The molecule has 0 spiro atoms.